The number of nitrogens with one attached hydrogen (secondary N) is 2. The fraction of sp³-hybridized carbons (Fsp3) is 0.526. The number of imidazole rings is 1. The Balaban J connectivity index is 1.71. The van der Waals surface area contributed by atoms with Crippen LogP contribution in [0.5, 0.6) is 0 Å². The molecule has 2 amide bonds. The molecule has 144 valence electrons. The van der Waals surface area contributed by atoms with E-state index in [1.54, 1.807) is 7.05 Å². The van der Waals surface area contributed by atoms with Crippen LogP contribution in [0.3, 0.4) is 0 Å². The van der Waals surface area contributed by atoms with Crippen LogP contribution in [0.25, 0.3) is 11.0 Å². The molecule has 2 aliphatic rings. The van der Waals surface area contributed by atoms with Crippen LogP contribution < -0.4 is 16.3 Å². The first kappa shape index (κ1) is 17.9. The number of rotatable bonds is 3. The molecule has 2 fully saturated rings. The third-order valence-electron chi connectivity index (χ3n) is 5.74. The fourth-order valence-corrected chi connectivity index (χ4v) is 4.20. The normalized spacial score (nSPS) is 22.8. The quantitative estimate of drug-likeness (QED) is 0.657. The van der Waals surface area contributed by atoms with Crippen molar-refractivity contribution >= 4 is 22.8 Å². The molecule has 0 radical (unpaired) electrons. The van der Waals surface area contributed by atoms with E-state index in [9.17, 15) is 19.5 Å². The Hall–Kier alpha value is -2.45. The monoisotopic (exact) mass is 372 g/mol. The fourth-order valence-electron chi connectivity index (χ4n) is 4.20. The number of nitrogens with zero attached hydrogens (tertiary/aromatic N) is 2. The van der Waals surface area contributed by atoms with Crippen molar-refractivity contribution in [3.63, 3.8) is 0 Å². The number of aryl methyl sites for hydroxylation is 1. The van der Waals surface area contributed by atoms with Gasteiger partial charge in [-0.25, -0.2) is 4.79 Å². The van der Waals surface area contributed by atoms with E-state index in [0.29, 0.717) is 31.2 Å². The molecule has 1 atom stereocenters. The second-order valence-corrected chi connectivity index (χ2v) is 7.65. The molecule has 1 aromatic heterocycles. The van der Waals surface area contributed by atoms with E-state index < -0.39 is 17.6 Å². The summed E-state index contributed by atoms with van der Waals surface area (Å²) in [6.45, 7) is 1.59. The number of carbonyl (C=O) groups excluding carboxylic acids is 2. The second-order valence-electron chi connectivity index (χ2n) is 7.65. The highest BCUT2D eigenvalue weighted by Crippen LogP contribution is 2.27. The van der Waals surface area contributed by atoms with E-state index in [1.807, 2.05) is 18.2 Å². The molecule has 3 heterocycles. The molecule has 2 aromatic rings. The number of piperidine rings is 2. The molecule has 27 heavy (non-hydrogen) atoms. The molecular weight excluding hydrogens is 348 g/mol. The van der Waals surface area contributed by atoms with Crippen molar-refractivity contribution in [2.75, 3.05) is 13.1 Å². The molecule has 0 bridgehead atoms. The second kappa shape index (κ2) is 6.61. The largest absolute Gasteiger partial charge is 0.389 e. The summed E-state index contributed by atoms with van der Waals surface area (Å²) in [6, 6.07) is 4.97. The summed E-state index contributed by atoms with van der Waals surface area (Å²) in [4.78, 5) is 36.4. The Labute approximate surface area is 156 Å². The highest BCUT2D eigenvalue weighted by Gasteiger charge is 2.32. The summed E-state index contributed by atoms with van der Waals surface area (Å²) >= 11 is 0. The molecule has 2 aliphatic heterocycles. The lowest BCUT2D eigenvalue weighted by atomic mass is 9.86. The maximum absolute atomic E-state index is 12.8. The number of aromatic nitrogens is 2. The molecule has 0 spiro atoms. The van der Waals surface area contributed by atoms with Gasteiger partial charge in [0.1, 0.15) is 6.04 Å². The van der Waals surface area contributed by atoms with Gasteiger partial charge < -0.3 is 10.4 Å². The Morgan fingerprint density at radius 1 is 1.19 bits per heavy atom. The van der Waals surface area contributed by atoms with Gasteiger partial charge in [-0.2, -0.15) is 0 Å². The highest BCUT2D eigenvalue weighted by molar-refractivity contribution is 6.00. The third kappa shape index (κ3) is 3.19. The van der Waals surface area contributed by atoms with Crippen molar-refractivity contribution in [3.05, 3.63) is 34.2 Å². The molecule has 0 aliphatic carbocycles. The van der Waals surface area contributed by atoms with Gasteiger partial charge in [-0.3, -0.25) is 24.0 Å². The van der Waals surface area contributed by atoms with Gasteiger partial charge in [0.15, 0.2) is 0 Å². The molecule has 2 saturated heterocycles. The van der Waals surface area contributed by atoms with E-state index >= 15 is 0 Å². The summed E-state index contributed by atoms with van der Waals surface area (Å²) < 4.78 is 3.00. The molecular formula is C19H24N4O4. The van der Waals surface area contributed by atoms with Gasteiger partial charge in [0.25, 0.3) is 0 Å². The highest BCUT2D eigenvalue weighted by atomic mass is 16.3. The number of hydrogen-bond donors (Lipinski definition) is 3. The average Bonchev–Trinajstić information content (AvgIpc) is 2.87. The molecule has 1 aromatic carbocycles. The first-order valence-corrected chi connectivity index (χ1v) is 9.35. The van der Waals surface area contributed by atoms with Crippen LogP contribution in [0.15, 0.2) is 23.0 Å². The molecule has 1 unspecified atom stereocenters. The molecule has 8 nitrogen and oxygen atoms in total. The van der Waals surface area contributed by atoms with Gasteiger partial charge >= 0.3 is 5.69 Å². The van der Waals surface area contributed by atoms with Crippen molar-refractivity contribution in [2.45, 2.75) is 43.7 Å². The zero-order valence-corrected chi connectivity index (χ0v) is 15.3. The Morgan fingerprint density at radius 3 is 2.63 bits per heavy atom. The van der Waals surface area contributed by atoms with Crippen LogP contribution in [0.4, 0.5) is 0 Å². The predicted molar refractivity (Wildman–Crippen MR) is 99.4 cm³/mol. The predicted octanol–water partition coefficient (Wildman–Crippen LogP) is -0.0253. The number of imide groups is 1. The van der Waals surface area contributed by atoms with Crippen LogP contribution in [0.1, 0.15) is 37.3 Å². The zero-order chi connectivity index (χ0) is 19.2. The summed E-state index contributed by atoms with van der Waals surface area (Å²) in [6.07, 6.45) is 2.46. The van der Waals surface area contributed by atoms with Crippen LogP contribution in [0, 0.1) is 0 Å². The lowest BCUT2D eigenvalue weighted by Gasteiger charge is -2.32. The molecule has 3 N–H and O–H groups in total. The van der Waals surface area contributed by atoms with Gasteiger partial charge in [0, 0.05) is 19.9 Å². The van der Waals surface area contributed by atoms with Crippen molar-refractivity contribution in [3.8, 4) is 0 Å². The lowest BCUT2D eigenvalue weighted by molar-refractivity contribution is -0.135. The van der Waals surface area contributed by atoms with Crippen LogP contribution >= 0.6 is 0 Å². The number of aliphatic hydroxyl groups is 1. The SMILES string of the molecule is Cn1c(=O)n(C2CCC(=O)NC2=O)c2ccc(CC3(O)CCNCC3)cc21. The number of benzene rings is 1. The first-order chi connectivity index (χ1) is 12.9. The summed E-state index contributed by atoms with van der Waals surface area (Å²) in [5.74, 6) is -0.740. The van der Waals surface area contributed by atoms with Crippen molar-refractivity contribution in [1.29, 1.82) is 0 Å². The van der Waals surface area contributed by atoms with E-state index in [0.717, 1.165) is 24.2 Å². The number of hydrogen-bond acceptors (Lipinski definition) is 5. The maximum atomic E-state index is 12.8. The third-order valence-corrected chi connectivity index (χ3v) is 5.74. The summed E-state index contributed by atoms with van der Waals surface area (Å²) in [5.41, 5.74) is 1.34. The van der Waals surface area contributed by atoms with Gasteiger partial charge in [-0.15, -0.1) is 0 Å². The summed E-state index contributed by atoms with van der Waals surface area (Å²) in [7, 11) is 1.68. The van der Waals surface area contributed by atoms with Gasteiger partial charge in [0.05, 0.1) is 16.6 Å². The smallest absolute Gasteiger partial charge is 0.329 e. The van der Waals surface area contributed by atoms with Crippen LogP contribution in [-0.4, -0.2) is 44.7 Å². The average molecular weight is 372 g/mol. The van der Waals surface area contributed by atoms with Crippen LogP contribution in [0.2, 0.25) is 0 Å². The van der Waals surface area contributed by atoms with Crippen molar-refractivity contribution in [2.24, 2.45) is 7.05 Å². The van der Waals surface area contributed by atoms with Gasteiger partial charge in [-0.05, 0) is 50.0 Å². The number of carbonyl (C=O) groups is 2. The molecule has 8 heteroatoms. The van der Waals surface area contributed by atoms with Crippen molar-refractivity contribution in [1.82, 2.24) is 19.8 Å². The standard InChI is InChI=1S/C19H24N4O4/c1-22-15-10-12(11-19(27)6-8-20-9-7-19)2-3-13(15)23(18(22)26)14-4-5-16(24)21-17(14)25/h2-3,10,14,20,27H,4-9,11H2,1H3,(H,21,24,25). The summed E-state index contributed by atoms with van der Waals surface area (Å²) in [5, 5.41) is 16.4. The van der Waals surface area contributed by atoms with E-state index in [2.05, 4.69) is 10.6 Å². The van der Waals surface area contributed by atoms with Crippen molar-refractivity contribution < 1.29 is 14.7 Å². The zero-order valence-electron chi connectivity index (χ0n) is 15.3. The minimum Gasteiger partial charge on any atom is -0.389 e. The number of amides is 2. The molecule has 4 rings (SSSR count). The van der Waals surface area contributed by atoms with Crippen LogP contribution in [-0.2, 0) is 23.1 Å². The van der Waals surface area contributed by atoms with E-state index in [1.165, 1.54) is 9.13 Å². The topological polar surface area (TPSA) is 105 Å². The Morgan fingerprint density at radius 2 is 1.93 bits per heavy atom. The Kier molecular flexibility index (Phi) is 4.39. The van der Waals surface area contributed by atoms with Gasteiger partial charge in [0.2, 0.25) is 11.8 Å². The lowest BCUT2D eigenvalue weighted by Crippen LogP contribution is -2.44. The minimum absolute atomic E-state index is 0.221. The first-order valence-electron chi connectivity index (χ1n) is 9.35. The Bertz CT molecular complexity index is 968. The van der Waals surface area contributed by atoms with Gasteiger partial charge in [-0.1, -0.05) is 6.07 Å². The maximum Gasteiger partial charge on any atom is 0.329 e. The minimum atomic E-state index is -0.732. The number of fused-ring (bicyclic) bond motifs is 1. The molecule has 0 saturated carbocycles. The van der Waals surface area contributed by atoms with E-state index in [-0.39, 0.29) is 18.0 Å². The van der Waals surface area contributed by atoms with E-state index in [4.69, 9.17) is 0 Å².